The second-order valence-corrected chi connectivity index (χ2v) is 4.32. The predicted molar refractivity (Wildman–Crippen MR) is 77.3 cm³/mol. The SMILES string of the molecule is C=CCNC(=O)CN(CC)Cc1cccc([N+](=O)[O-])c1. The van der Waals surface area contributed by atoms with Gasteiger partial charge >= 0.3 is 0 Å². The van der Waals surface area contributed by atoms with Crippen LogP contribution in [0.4, 0.5) is 5.69 Å². The summed E-state index contributed by atoms with van der Waals surface area (Å²) in [7, 11) is 0. The number of hydrogen-bond acceptors (Lipinski definition) is 4. The van der Waals surface area contributed by atoms with E-state index in [-0.39, 0.29) is 18.1 Å². The van der Waals surface area contributed by atoms with Gasteiger partial charge in [-0.25, -0.2) is 0 Å². The molecule has 6 nitrogen and oxygen atoms in total. The van der Waals surface area contributed by atoms with E-state index in [1.54, 1.807) is 12.1 Å². The number of carbonyl (C=O) groups excluding carboxylic acids is 1. The molecule has 108 valence electrons. The van der Waals surface area contributed by atoms with Crippen LogP contribution in [0.1, 0.15) is 12.5 Å². The molecule has 0 saturated heterocycles. The standard InChI is InChI=1S/C14H19N3O3/c1-3-8-15-14(18)11-16(4-2)10-12-6-5-7-13(9-12)17(19)20/h3,5-7,9H,1,4,8,10-11H2,2H3,(H,15,18). The minimum Gasteiger partial charge on any atom is -0.352 e. The number of nitro groups is 1. The summed E-state index contributed by atoms with van der Waals surface area (Å²) in [5, 5.41) is 13.4. The van der Waals surface area contributed by atoms with Gasteiger partial charge < -0.3 is 5.32 Å². The van der Waals surface area contributed by atoms with Crippen LogP contribution in [0, 0.1) is 10.1 Å². The fourth-order valence-corrected chi connectivity index (χ4v) is 1.75. The number of nitrogens with one attached hydrogen (secondary N) is 1. The normalized spacial score (nSPS) is 10.3. The van der Waals surface area contributed by atoms with E-state index in [1.165, 1.54) is 12.1 Å². The first-order chi connectivity index (χ1) is 9.56. The van der Waals surface area contributed by atoms with Crippen molar-refractivity contribution >= 4 is 11.6 Å². The molecule has 0 aliphatic carbocycles. The first-order valence-electron chi connectivity index (χ1n) is 6.40. The van der Waals surface area contributed by atoms with Crippen LogP contribution >= 0.6 is 0 Å². The highest BCUT2D eigenvalue weighted by Crippen LogP contribution is 2.14. The van der Waals surface area contributed by atoms with Crippen LogP contribution in [0.2, 0.25) is 0 Å². The van der Waals surface area contributed by atoms with Gasteiger partial charge in [-0.05, 0) is 12.1 Å². The van der Waals surface area contributed by atoms with Crippen molar-refractivity contribution in [3.63, 3.8) is 0 Å². The van der Waals surface area contributed by atoms with Gasteiger partial charge in [0, 0.05) is 25.2 Å². The Labute approximate surface area is 118 Å². The van der Waals surface area contributed by atoms with E-state index in [9.17, 15) is 14.9 Å². The predicted octanol–water partition coefficient (Wildman–Crippen LogP) is 1.72. The number of non-ortho nitro benzene ring substituents is 1. The average Bonchev–Trinajstić information content (AvgIpc) is 2.44. The van der Waals surface area contributed by atoms with Crippen LogP contribution in [0.15, 0.2) is 36.9 Å². The molecule has 0 spiro atoms. The summed E-state index contributed by atoms with van der Waals surface area (Å²) in [5.41, 5.74) is 0.882. The second-order valence-electron chi connectivity index (χ2n) is 4.32. The minimum absolute atomic E-state index is 0.0645. The maximum absolute atomic E-state index is 11.6. The van der Waals surface area contributed by atoms with Crippen molar-refractivity contribution in [3.8, 4) is 0 Å². The molecular formula is C14H19N3O3. The molecule has 0 fully saturated rings. The molecule has 0 atom stereocenters. The third-order valence-electron chi connectivity index (χ3n) is 2.79. The Morgan fingerprint density at radius 2 is 2.30 bits per heavy atom. The number of nitro benzene ring substituents is 1. The molecule has 1 amide bonds. The van der Waals surface area contributed by atoms with Crippen molar-refractivity contribution in [2.75, 3.05) is 19.6 Å². The monoisotopic (exact) mass is 277 g/mol. The van der Waals surface area contributed by atoms with Crippen molar-refractivity contribution in [2.24, 2.45) is 0 Å². The fraction of sp³-hybridized carbons (Fsp3) is 0.357. The summed E-state index contributed by atoms with van der Waals surface area (Å²) in [4.78, 5) is 23.8. The highest BCUT2D eigenvalue weighted by atomic mass is 16.6. The summed E-state index contributed by atoms with van der Waals surface area (Å²) in [6, 6.07) is 6.46. The molecule has 0 aromatic heterocycles. The summed E-state index contributed by atoms with van der Waals surface area (Å²) in [6.45, 7) is 7.36. The Hall–Kier alpha value is -2.21. The number of likely N-dealkylation sites (N-methyl/N-ethyl adjacent to an activating group) is 1. The Morgan fingerprint density at radius 1 is 1.55 bits per heavy atom. The minimum atomic E-state index is -0.420. The molecule has 6 heteroatoms. The molecule has 0 aliphatic rings. The van der Waals surface area contributed by atoms with Crippen LogP contribution in [0.25, 0.3) is 0 Å². The molecule has 1 N–H and O–H groups in total. The zero-order valence-electron chi connectivity index (χ0n) is 11.5. The third kappa shape index (κ3) is 5.19. The molecule has 1 aromatic rings. The molecule has 0 bridgehead atoms. The zero-order chi connectivity index (χ0) is 15.0. The lowest BCUT2D eigenvalue weighted by atomic mass is 10.2. The zero-order valence-corrected chi connectivity index (χ0v) is 11.5. The van der Waals surface area contributed by atoms with Gasteiger partial charge in [0.2, 0.25) is 5.91 Å². The molecule has 0 aliphatic heterocycles. The maximum Gasteiger partial charge on any atom is 0.269 e. The Balaban J connectivity index is 2.63. The van der Waals surface area contributed by atoms with Gasteiger partial charge in [0.1, 0.15) is 0 Å². The quantitative estimate of drug-likeness (QED) is 0.446. The van der Waals surface area contributed by atoms with Gasteiger partial charge in [-0.1, -0.05) is 25.1 Å². The van der Waals surface area contributed by atoms with Crippen molar-refractivity contribution in [2.45, 2.75) is 13.5 Å². The van der Waals surface area contributed by atoms with Crippen molar-refractivity contribution < 1.29 is 9.72 Å². The average molecular weight is 277 g/mol. The molecular weight excluding hydrogens is 258 g/mol. The van der Waals surface area contributed by atoms with Gasteiger partial charge in [-0.2, -0.15) is 0 Å². The van der Waals surface area contributed by atoms with Crippen molar-refractivity contribution in [1.82, 2.24) is 10.2 Å². The lowest BCUT2D eigenvalue weighted by Gasteiger charge is -2.19. The van der Waals surface area contributed by atoms with Gasteiger partial charge in [0.15, 0.2) is 0 Å². The van der Waals surface area contributed by atoms with Crippen LogP contribution in [-0.2, 0) is 11.3 Å². The number of amides is 1. The highest BCUT2D eigenvalue weighted by molar-refractivity contribution is 5.78. The number of hydrogen-bond donors (Lipinski definition) is 1. The first kappa shape index (κ1) is 15.8. The molecule has 0 saturated carbocycles. The smallest absolute Gasteiger partial charge is 0.269 e. The molecule has 0 heterocycles. The van der Waals surface area contributed by atoms with E-state index < -0.39 is 4.92 Å². The number of rotatable bonds is 8. The van der Waals surface area contributed by atoms with E-state index in [2.05, 4.69) is 11.9 Å². The van der Waals surface area contributed by atoms with Crippen LogP contribution < -0.4 is 5.32 Å². The topological polar surface area (TPSA) is 75.5 Å². The van der Waals surface area contributed by atoms with Gasteiger partial charge in [-0.15, -0.1) is 6.58 Å². The van der Waals surface area contributed by atoms with E-state index in [0.717, 1.165) is 5.56 Å². The van der Waals surface area contributed by atoms with E-state index in [1.807, 2.05) is 17.9 Å². The fourth-order valence-electron chi connectivity index (χ4n) is 1.75. The molecule has 0 radical (unpaired) electrons. The van der Waals surface area contributed by atoms with Gasteiger partial charge in [-0.3, -0.25) is 19.8 Å². The summed E-state index contributed by atoms with van der Waals surface area (Å²) >= 11 is 0. The molecule has 1 rings (SSSR count). The van der Waals surface area contributed by atoms with E-state index >= 15 is 0 Å². The number of benzene rings is 1. The summed E-state index contributed by atoms with van der Waals surface area (Å²) in [5.74, 6) is -0.0859. The summed E-state index contributed by atoms with van der Waals surface area (Å²) in [6.07, 6.45) is 1.62. The van der Waals surface area contributed by atoms with Crippen LogP contribution in [0.5, 0.6) is 0 Å². The first-order valence-corrected chi connectivity index (χ1v) is 6.40. The van der Waals surface area contributed by atoms with Crippen molar-refractivity contribution in [3.05, 3.63) is 52.6 Å². The van der Waals surface area contributed by atoms with Crippen LogP contribution in [0.3, 0.4) is 0 Å². The Kier molecular flexibility index (Phi) is 6.39. The summed E-state index contributed by atoms with van der Waals surface area (Å²) < 4.78 is 0. The number of nitrogens with zero attached hydrogens (tertiary/aromatic N) is 2. The molecule has 0 unspecified atom stereocenters. The Bertz CT molecular complexity index is 488. The van der Waals surface area contributed by atoms with Crippen molar-refractivity contribution in [1.29, 1.82) is 0 Å². The van der Waals surface area contributed by atoms with Gasteiger partial charge in [0.05, 0.1) is 11.5 Å². The lowest BCUT2D eigenvalue weighted by Crippen LogP contribution is -2.36. The van der Waals surface area contributed by atoms with E-state index in [4.69, 9.17) is 0 Å². The lowest BCUT2D eigenvalue weighted by molar-refractivity contribution is -0.384. The maximum atomic E-state index is 11.6. The number of carbonyl (C=O) groups is 1. The van der Waals surface area contributed by atoms with Crippen LogP contribution in [-0.4, -0.2) is 35.4 Å². The molecule has 1 aromatic carbocycles. The largest absolute Gasteiger partial charge is 0.352 e. The third-order valence-corrected chi connectivity index (χ3v) is 2.79. The second kappa shape index (κ2) is 8.06. The molecule has 20 heavy (non-hydrogen) atoms. The Morgan fingerprint density at radius 3 is 2.90 bits per heavy atom. The highest BCUT2D eigenvalue weighted by Gasteiger charge is 2.11. The van der Waals surface area contributed by atoms with Gasteiger partial charge in [0.25, 0.3) is 5.69 Å². The van der Waals surface area contributed by atoms with E-state index in [0.29, 0.717) is 19.6 Å².